The maximum atomic E-state index is 12.0. The van der Waals surface area contributed by atoms with E-state index >= 15 is 0 Å². The number of carbonyl (C=O) groups is 1. The number of aromatic nitrogens is 2. The third-order valence-electron chi connectivity index (χ3n) is 4.50. The van der Waals surface area contributed by atoms with Crippen LogP contribution >= 0.6 is 0 Å². The maximum Gasteiger partial charge on any atom is 0.226 e. The van der Waals surface area contributed by atoms with Gasteiger partial charge in [-0.05, 0) is 43.7 Å². The molecule has 0 fully saturated rings. The lowest BCUT2D eigenvalue weighted by molar-refractivity contribution is -0.122. The van der Waals surface area contributed by atoms with Gasteiger partial charge in [-0.25, -0.2) is 0 Å². The fourth-order valence-electron chi connectivity index (χ4n) is 3.26. The summed E-state index contributed by atoms with van der Waals surface area (Å²) < 4.78 is 5.02. The smallest absolute Gasteiger partial charge is 0.226 e. The molecule has 1 aromatic heterocycles. The van der Waals surface area contributed by atoms with Crippen molar-refractivity contribution in [1.29, 1.82) is 0 Å². The summed E-state index contributed by atoms with van der Waals surface area (Å²) in [5, 5.41) is 17.5. The average Bonchev–Trinajstić information content (AvgIpc) is 2.99. The first-order chi connectivity index (χ1) is 11.6. The van der Waals surface area contributed by atoms with Gasteiger partial charge in [0.15, 0.2) is 5.82 Å². The van der Waals surface area contributed by atoms with Crippen molar-refractivity contribution in [1.82, 2.24) is 15.5 Å². The van der Waals surface area contributed by atoms with Gasteiger partial charge < -0.3 is 14.9 Å². The van der Waals surface area contributed by atoms with Crippen molar-refractivity contribution >= 4 is 5.91 Å². The van der Waals surface area contributed by atoms with Crippen LogP contribution in [0.3, 0.4) is 0 Å². The molecule has 0 bridgehead atoms. The summed E-state index contributed by atoms with van der Waals surface area (Å²) in [6, 6.07) is 7.93. The van der Waals surface area contributed by atoms with E-state index < -0.39 is 5.60 Å². The molecule has 24 heavy (non-hydrogen) atoms. The van der Waals surface area contributed by atoms with Crippen LogP contribution in [0.4, 0.5) is 0 Å². The van der Waals surface area contributed by atoms with Crippen molar-refractivity contribution in [3.05, 3.63) is 47.1 Å². The van der Waals surface area contributed by atoms with Crippen LogP contribution in [-0.4, -0.2) is 27.7 Å². The molecule has 2 aromatic rings. The average molecular weight is 329 g/mol. The molecule has 0 saturated carbocycles. The SMILES string of the molecule is Cc1noc(CCCC(=O)NCC2(O)CCCc3ccccc32)n1. The molecule has 1 aromatic carbocycles. The molecule has 0 saturated heterocycles. The molecule has 128 valence electrons. The van der Waals surface area contributed by atoms with Gasteiger partial charge in [0.05, 0.1) is 6.54 Å². The Morgan fingerprint density at radius 1 is 1.42 bits per heavy atom. The molecule has 1 heterocycles. The van der Waals surface area contributed by atoms with Crippen molar-refractivity contribution in [2.45, 2.75) is 51.0 Å². The number of benzene rings is 1. The monoisotopic (exact) mass is 329 g/mol. The van der Waals surface area contributed by atoms with Gasteiger partial charge in [0, 0.05) is 12.8 Å². The fourth-order valence-corrected chi connectivity index (χ4v) is 3.26. The minimum Gasteiger partial charge on any atom is -0.383 e. The van der Waals surface area contributed by atoms with Crippen molar-refractivity contribution in [3.8, 4) is 0 Å². The zero-order valence-electron chi connectivity index (χ0n) is 13.9. The van der Waals surface area contributed by atoms with Crippen LogP contribution in [0.25, 0.3) is 0 Å². The number of hydrogen-bond donors (Lipinski definition) is 2. The van der Waals surface area contributed by atoms with E-state index in [1.807, 2.05) is 24.3 Å². The van der Waals surface area contributed by atoms with Crippen molar-refractivity contribution in [3.63, 3.8) is 0 Å². The first-order valence-corrected chi connectivity index (χ1v) is 8.43. The van der Waals surface area contributed by atoms with Gasteiger partial charge in [-0.1, -0.05) is 29.4 Å². The van der Waals surface area contributed by atoms with E-state index in [1.165, 1.54) is 5.56 Å². The minimum absolute atomic E-state index is 0.0669. The lowest BCUT2D eigenvalue weighted by Gasteiger charge is -2.34. The maximum absolute atomic E-state index is 12.0. The Morgan fingerprint density at radius 2 is 2.25 bits per heavy atom. The number of aliphatic hydroxyl groups is 1. The molecule has 6 nitrogen and oxygen atoms in total. The van der Waals surface area contributed by atoms with Crippen LogP contribution < -0.4 is 5.32 Å². The molecule has 6 heteroatoms. The van der Waals surface area contributed by atoms with Crippen LogP contribution in [-0.2, 0) is 23.2 Å². The number of rotatable bonds is 6. The zero-order chi connectivity index (χ0) is 17.0. The predicted molar refractivity (Wildman–Crippen MR) is 88.3 cm³/mol. The quantitative estimate of drug-likeness (QED) is 0.847. The van der Waals surface area contributed by atoms with E-state index in [-0.39, 0.29) is 12.5 Å². The number of hydrogen-bond acceptors (Lipinski definition) is 5. The third kappa shape index (κ3) is 3.82. The van der Waals surface area contributed by atoms with Crippen LogP contribution in [0.15, 0.2) is 28.8 Å². The van der Waals surface area contributed by atoms with Gasteiger partial charge in [0.2, 0.25) is 11.8 Å². The van der Waals surface area contributed by atoms with E-state index in [1.54, 1.807) is 6.92 Å². The van der Waals surface area contributed by atoms with Gasteiger partial charge in [-0.2, -0.15) is 4.98 Å². The first kappa shape index (κ1) is 16.6. The summed E-state index contributed by atoms with van der Waals surface area (Å²) in [7, 11) is 0. The molecule has 1 amide bonds. The van der Waals surface area contributed by atoms with Gasteiger partial charge in [0.25, 0.3) is 0 Å². The summed E-state index contributed by atoms with van der Waals surface area (Å²) >= 11 is 0. The summed E-state index contributed by atoms with van der Waals surface area (Å²) in [4.78, 5) is 16.2. The summed E-state index contributed by atoms with van der Waals surface area (Å²) in [5.74, 6) is 1.09. The Balaban J connectivity index is 1.49. The second kappa shape index (κ2) is 7.13. The lowest BCUT2D eigenvalue weighted by Crippen LogP contribution is -2.42. The van der Waals surface area contributed by atoms with Crippen LogP contribution in [0.5, 0.6) is 0 Å². The van der Waals surface area contributed by atoms with Gasteiger partial charge in [-0.15, -0.1) is 0 Å². The summed E-state index contributed by atoms with van der Waals surface area (Å²) in [6.45, 7) is 2.02. The zero-order valence-corrected chi connectivity index (χ0v) is 13.9. The number of amides is 1. The Bertz CT molecular complexity index is 713. The molecule has 1 unspecified atom stereocenters. The van der Waals surface area contributed by atoms with Crippen molar-refractivity contribution in [2.75, 3.05) is 6.54 Å². The fraction of sp³-hybridized carbons (Fsp3) is 0.500. The lowest BCUT2D eigenvalue weighted by atomic mass is 9.79. The van der Waals surface area contributed by atoms with Crippen LogP contribution in [0.1, 0.15) is 48.5 Å². The molecule has 0 aliphatic heterocycles. The predicted octanol–water partition coefficient (Wildman–Crippen LogP) is 2.04. The van der Waals surface area contributed by atoms with Crippen LogP contribution in [0.2, 0.25) is 0 Å². The highest BCUT2D eigenvalue weighted by Crippen LogP contribution is 2.34. The molecule has 1 aliphatic carbocycles. The summed E-state index contributed by atoms with van der Waals surface area (Å²) in [5.41, 5.74) is 1.15. The van der Waals surface area contributed by atoms with E-state index in [9.17, 15) is 9.90 Å². The molecular formula is C18H23N3O3. The second-order valence-electron chi connectivity index (χ2n) is 6.41. The second-order valence-corrected chi connectivity index (χ2v) is 6.41. The van der Waals surface area contributed by atoms with Crippen LogP contribution in [0, 0.1) is 6.92 Å². The highest BCUT2D eigenvalue weighted by molar-refractivity contribution is 5.76. The summed E-state index contributed by atoms with van der Waals surface area (Å²) in [6.07, 6.45) is 4.18. The number of aryl methyl sites for hydroxylation is 3. The van der Waals surface area contributed by atoms with Gasteiger partial charge >= 0.3 is 0 Å². The number of carbonyl (C=O) groups excluding carboxylic acids is 1. The molecule has 2 N–H and O–H groups in total. The van der Waals surface area contributed by atoms with E-state index in [2.05, 4.69) is 15.5 Å². The first-order valence-electron chi connectivity index (χ1n) is 8.43. The number of nitrogens with zero attached hydrogens (tertiary/aromatic N) is 2. The minimum atomic E-state index is -0.964. The Labute approximate surface area is 141 Å². The Morgan fingerprint density at radius 3 is 3.04 bits per heavy atom. The number of fused-ring (bicyclic) bond motifs is 1. The topological polar surface area (TPSA) is 88.2 Å². The molecule has 3 rings (SSSR count). The van der Waals surface area contributed by atoms with Crippen molar-refractivity contribution < 1.29 is 14.4 Å². The molecular weight excluding hydrogens is 306 g/mol. The largest absolute Gasteiger partial charge is 0.383 e. The highest BCUT2D eigenvalue weighted by atomic mass is 16.5. The Hall–Kier alpha value is -2.21. The van der Waals surface area contributed by atoms with E-state index in [0.717, 1.165) is 18.4 Å². The molecule has 0 spiro atoms. The normalized spacial score (nSPS) is 19.8. The number of nitrogens with one attached hydrogen (secondary N) is 1. The molecule has 1 aliphatic rings. The third-order valence-corrected chi connectivity index (χ3v) is 4.50. The van der Waals surface area contributed by atoms with Gasteiger partial charge in [-0.3, -0.25) is 4.79 Å². The molecule has 0 radical (unpaired) electrons. The van der Waals surface area contributed by atoms with E-state index in [4.69, 9.17) is 4.52 Å². The van der Waals surface area contributed by atoms with Gasteiger partial charge in [0.1, 0.15) is 5.60 Å². The van der Waals surface area contributed by atoms with Crippen molar-refractivity contribution in [2.24, 2.45) is 0 Å². The highest BCUT2D eigenvalue weighted by Gasteiger charge is 2.34. The van der Waals surface area contributed by atoms with E-state index in [0.29, 0.717) is 37.4 Å². The molecule has 1 atom stereocenters. The Kier molecular flexibility index (Phi) is 4.94. The standard InChI is InChI=1S/C18H23N3O3/c1-13-20-17(24-21-13)10-4-9-16(22)19-12-18(23)11-5-7-14-6-2-3-8-15(14)18/h2-3,6,8,23H,4-5,7,9-12H2,1H3,(H,19,22).